The van der Waals surface area contributed by atoms with Gasteiger partial charge in [-0.05, 0) is 45.2 Å². The predicted molar refractivity (Wildman–Crippen MR) is 122 cm³/mol. The van der Waals surface area contributed by atoms with Crippen LogP contribution in [0.25, 0.3) is 0 Å². The third-order valence-electron chi connectivity index (χ3n) is 5.22. The van der Waals surface area contributed by atoms with Gasteiger partial charge < -0.3 is 15.5 Å². The molecule has 2 fully saturated rings. The molecule has 5 nitrogen and oxygen atoms in total. The number of aliphatic imine (C=N–C) groups is 1. The number of benzene rings is 1. The Hall–Kier alpha value is -1.02. The van der Waals surface area contributed by atoms with Crippen molar-refractivity contribution in [2.24, 2.45) is 4.99 Å². The summed E-state index contributed by atoms with van der Waals surface area (Å²) < 4.78 is 0. The third-order valence-corrected chi connectivity index (χ3v) is 5.22. The fraction of sp³-hybridized carbons (Fsp3) is 0.650. The van der Waals surface area contributed by atoms with E-state index in [1.165, 1.54) is 18.5 Å². The molecule has 1 unspecified atom stereocenters. The van der Waals surface area contributed by atoms with Gasteiger partial charge in [0.15, 0.2) is 5.96 Å². The summed E-state index contributed by atoms with van der Waals surface area (Å²) in [5.74, 6) is 0.930. The Morgan fingerprint density at radius 3 is 2.58 bits per heavy atom. The molecule has 0 radical (unpaired) electrons. The average molecular weight is 471 g/mol. The quantitative estimate of drug-likeness (QED) is 0.365. The van der Waals surface area contributed by atoms with Gasteiger partial charge in [0.25, 0.3) is 0 Å². The van der Waals surface area contributed by atoms with Crippen molar-refractivity contribution in [3.05, 3.63) is 30.3 Å². The number of anilines is 1. The number of hydrogen-bond donors (Lipinski definition) is 2. The highest BCUT2D eigenvalue weighted by Crippen LogP contribution is 2.27. The maximum Gasteiger partial charge on any atom is 0.191 e. The van der Waals surface area contributed by atoms with Crippen molar-refractivity contribution in [3.63, 3.8) is 0 Å². The van der Waals surface area contributed by atoms with Gasteiger partial charge in [-0.2, -0.15) is 0 Å². The first-order valence-corrected chi connectivity index (χ1v) is 9.70. The molecule has 2 N–H and O–H groups in total. The molecule has 1 atom stereocenters. The molecule has 1 aliphatic carbocycles. The molecule has 146 valence electrons. The van der Waals surface area contributed by atoms with Gasteiger partial charge in [0.2, 0.25) is 0 Å². The zero-order valence-electron chi connectivity index (χ0n) is 16.3. The van der Waals surface area contributed by atoms with Crippen LogP contribution < -0.4 is 15.5 Å². The SMILES string of the molecule is CN=C(NCCN(C(C)C)C1CC1)NC1CCN(c2ccccc2)C1.I. The number of hydrogen-bond acceptors (Lipinski definition) is 3. The van der Waals surface area contributed by atoms with E-state index in [0.717, 1.165) is 44.6 Å². The first kappa shape index (κ1) is 21.3. The lowest BCUT2D eigenvalue weighted by molar-refractivity contribution is 0.215. The van der Waals surface area contributed by atoms with Gasteiger partial charge in [0, 0.05) is 57.0 Å². The van der Waals surface area contributed by atoms with Crippen LogP contribution in [0.1, 0.15) is 33.1 Å². The van der Waals surface area contributed by atoms with E-state index in [4.69, 9.17) is 0 Å². The summed E-state index contributed by atoms with van der Waals surface area (Å²) in [7, 11) is 1.86. The van der Waals surface area contributed by atoms with Crippen LogP contribution in [0.3, 0.4) is 0 Å². The lowest BCUT2D eigenvalue weighted by Crippen LogP contribution is -2.47. The molecule has 1 saturated heterocycles. The summed E-state index contributed by atoms with van der Waals surface area (Å²) in [6, 6.07) is 12.6. The molecule has 1 aliphatic heterocycles. The summed E-state index contributed by atoms with van der Waals surface area (Å²) in [5, 5.41) is 7.09. The zero-order chi connectivity index (χ0) is 17.6. The van der Waals surface area contributed by atoms with Gasteiger partial charge in [-0.3, -0.25) is 9.89 Å². The van der Waals surface area contributed by atoms with Gasteiger partial charge in [0.1, 0.15) is 0 Å². The molecule has 0 amide bonds. The van der Waals surface area contributed by atoms with Crippen molar-refractivity contribution in [2.75, 3.05) is 38.1 Å². The van der Waals surface area contributed by atoms with Crippen LogP contribution in [-0.4, -0.2) is 62.2 Å². The number of guanidine groups is 1. The molecule has 1 saturated carbocycles. The van der Waals surface area contributed by atoms with E-state index >= 15 is 0 Å². The molecule has 6 heteroatoms. The van der Waals surface area contributed by atoms with Gasteiger partial charge in [-0.25, -0.2) is 0 Å². The van der Waals surface area contributed by atoms with Crippen molar-refractivity contribution >= 4 is 35.6 Å². The largest absolute Gasteiger partial charge is 0.369 e. The molecule has 0 aromatic heterocycles. The Balaban J connectivity index is 0.00000243. The predicted octanol–water partition coefficient (Wildman–Crippen LogP) is 2.92. The summed E-state index contributed by atoms with van der Waals surface area (Å²) in [6.45, 7) is 8.75. The second-order valence-corrected chi connectivity index (χ2v) is 7.47. The number of nitrogens with zero attached hydrogens (tertiary/aromatic N) is 3. The van der Waals surface area contributed by atoms with Gasteiger partial charge in [-0.1, -0.05) is 18.2 Å². The number of halogens is 1. The molecule has 1 aromatic rings. The Labute approximate surface area is 175 Å². The summed E-state index contributed by atoms with van der Waals surface area (Å²) in [5.41, 5.74) is 1.31. The molecule has 26 heavy (non-hydrogen) atoms. The van der Waals surface area contributed by atoms with Crippen molar-refractivity contribution in [1.82, 2.24) is 15.5 Å². The second kappa shape index (κ2) is 10.3. The Morgan fingerprint density at radius 2 is 1.96 bits per heavy atom. The third kappa shape index (κ3) is 6.01. The fourth-order valence-corrected chi connectivity index (χ4v) is 3.71. The van der Waals surface area contributed by atoms with Crippen molar-refractivity contribution in [1.29, 1.82) is 0 Å². The first-order chi connectivity index (χ1) is 12.2. The minimum absolute atomic E-state index is 0. The average Bonchev–Trinajstić information content (AvgIpc) is 3.35. The van der Waals surface area contributed by atoms with Crippen molar-refractivity contribution in [2.45, 2.75) is 51.2 Å². The minimum Gasteiger partial charge on any atom is -0.369 e. The Morgan fingerprint density at radius 1 is 1.23 bits per heavy atom. The van der Waals surface area contributed by atoms with E-state index in [9.17, 15) is 0 Å². The first-order valence-electron chi connectivity index (χ1n) is 9.70. The molecule has 0 bridgehead atoms. The summed E-state index contributed by atoms with van der Waals surface area (Å²) in [6.07, 6.45) is 3.88. The smallest absolute Gasteiger partial charge is 0.191 e. The van der Waals surface area contributed by atoms with Crippen molar-refractivity contribution < 1.29 is 0 Å². The minimum atomic E-state index is 0. The van der Waals surface area contributed by atoms with E-state index in [1.807, 2.05) is 7.05 Å². The molecular weight excluding hydrogens is 437 g/mol. The monoisotopic (exact) mass is 471 g/mol. The van der Waals surface area contributed by atoms with E-state index in [1.54, 1.807) is 0 Å². The lowest BCUT2D eigenvalue weighted by Gasteiger charge is -2.27. The highest BCUT2D eigenvalue weighted by atomic mass is 127. The Kier molecular flexibility index (Phi) is 8.47. The number of nitrogens with one attached hydrogen (secondary N) is 2. The van der Waals surface area contributed by atoms with Crippen LogP contribution in [0, 0.1) is 0 Å². The van der Waals surface area contributed by atoms with Crippen LogP contribution in [0.15, 0.2) is 35.3 Å². The molecular formula is C20H34IN5. The molecule has 1 aromatic carbocycles. The highest BCUT2D eigenvalue weighted by Gasteiger charge is 2.30. The second-order valence-electron chi connectivity index (χ2n) is 7.47. The maximum atomic E-state index is 4.41. The molecule has 2 aliphatic rings. The van der Waals surface area contributed by atoms with Gasteiger partial charge in [-0.15, -0.1) is 24.0 Å². The standard InChI is InChI=1S/C20H33N5.HI/c1-16(2)25(19-9-10-19)14-12-22-20(21-3)23-17-11-13-24(15-17)18-7-5-4-6-8-18;/h4-8,16-17,19H,9-15H2,1-3H3,(H2,21,22,23);1H. The molecule has 0 spiro atoms. The van der Waals surface area contributed by atoms with Crippen LogP contribution >= 0.6 is 24.0 Å². The number of para-hydroxylation sites is 1. The van der Waals surface area contributed by atoms with E-state index in [2.05, 4.69) is 69.6 Å². The van der Waals surface area contributed by atoms with Crippen molar-refractivity contribution in [3.8, 4) is 0 Å². The van der Waals surface area contributed by atoms with E-state index in [0.29, 0.717) is 12.1 Å². The van der Waals surface area contributed by atoms with Crippen LogP contribution in [-0.2, 0) is 0 Å². The Bertz CT molecular complexity index is 557. The van der Waals surface area contributed by atoms with Crippen LogP contribution in [0.4, 0.5) is 5.69 Å². The molecule has 3 rings (SSSR count). The number of rotatable bonds is 7. The van der Waals surface area contributed by atoms with Crippen LogP contribution in [0.2, 0.25) is 0 Å². The summed E-state index contributed by atoms with van der Waals surface area (Å²) in [4.78, 5) is 9.46. The van der Waals surface area contributed by atoms with Gasteiger partial charge >= 0.3 is 0 Å². The zero-order valence-corrected chi connectivity index (χ0v) is 18.6. The maximum absolute atomic E-state index is 4.41. The fourth-order valence-electron chi connectivity index (χ4n) is 3.71. The topological polar surface area (TPSA) is 42.9 Å². The lowest BCUT2D eigenvalue weighted by atomic mass is 10.2. The summed E-state index contributed by atoms with van der Waals surface area (Å²) >= 11 is 0. The van der Waals surface area contributed by atoms with E-state index < -0.39 is 0 Å². The molecule has 1 heterocycles. The highest BCUT2D eigenvalue weighted by molar-refractivity contribution is 14.0. The van der Waals surface area contributed by atoms with E-state index in [-0.39, 0.29) is 24.0 Å². The van der Waals surface area contributed by atoms with Gasteiger partial charge in [0.05, 0.1) is 0 Å². The van der Waals surface area contributed by atoms with Crippen LogP contribution in [0.5, 0.6) is 0 Å². The normalized spacial score (nSPS) is 20.4.